The molecule has 0 spiro atoms. The van der Waals surface area contributed by atoms with Crippen LogP contribution in [0.3, 0.4) is 0 Å². The summed E-state index contributed by atoms with van der Waals surface area (Å²) >= 11 is 3.37. The number of hydrogen-bond donors (Lipinski definition) is 3. The molecule has 26 heavy (non-hydrogen) atoms. The van der Waals surface area contributed by atoms with Crippen LogP contribution in [0.25, 0.3) is 0 Å². The van der Waals surface area contributed by atoms with Gasteiger partial charge in [0.25, 0.3) is 5.91 Å². The molecule has 0 heterocycles. The number of carbonyl (C=O) groups excluding carboxylic acids is 1. The second-order valence-corrected chi connectivity index (χ2v) is 6.34. The zero-order valence-corrected chi connectivity index (χ0v) is 18.6. The molecule has 0 aliphatic heterocycles. The molecule has 2 rings (SSSR count). The number of halogens is 2. The maximum Gasteiger partial charge on any atom is 0.251 e. The highest BCUT2D eigenvalue weighted by Crippen LogP contribution is 2.11. The van der Waals surface area contributed by atoms with Gasteiger partial charge in [-0.05, 0) is 30.2 Å². The molecule has 5 nitrogen and oxygen atoms in total. The van der Waals surface area contributed by atoms with Gasteiger partial charge >= 0.3 is 0 Å². The lowest BCUT2D eigenvalue weighted by Gasteiger charge is -2.12. The van der Waals surface area contributed by atoms with Crippen LogP contribution >= 0.6 is 39.9 Å². The first-order valence-electron chi connectivity index (χ1n) is 8.21. The van der Waals surface area contributed by atoms with Crippen LogP contribution in [0.2, 0.25) is 0 Å². The van der Waals surface area contributed by atoms with Crippen molar-refractivity contribution in [2.45, 2.75) is 6.42 Å². The molecule has 2 aromatic rings. The number of guanidine groups is 1. The van der Waals surface area contributed by atoms with Crippen LogP contribution in [0.5, 0.6) is 0 Å². The summed E-state index contributed by atoms with van der Waals surface area (Å²) in [5.74, 6) is 0.641. The zero-order chi connectivity index (χ0) is 17.9. The Morgan fingerprint density at radius 1 is 0.962 bits per heavy atom. The molecule has 140 valence electrons. The normalized spacial score (nSPS) is 10.6. The molecule has 0 unspecified atom stereocenters. The Morgan fingerprint density at radius 2 is 1.65 bits per heavy atom. The van der Waals surface area contributed by atoms with Crippen LogP contribution in [0.1, 0.15) is 15.9 Å². The molecule has 0 saturated heterocycles. The Hall–Kier alpha value is -1.61. The third-order valence-corrected chi connectivity index (χ3v) is 4.06. The number of aliphatic imine (C=N–C) groups is 1. The topological polar surface area (TPSA) is 65.5 Å². The molecule has 0 fully saturated rings. The van der Waals surface area contributed by atoms with Crippen molar-refractivity contribution >= 4 is 51.8 Å². The summed E-state index contributed by atoms with van der Waals surface area (Å²) < 4.78 is 0.890. The fourth-order valence-corrected chi connectivity index (χ4v) is 2.68. The fraction of sp³-hybridized carbons (Fsp3) is 0.263. The molecule has 0 aliphatic carbocycles. The van der Waals surface area contributed by atoms with E-state index in [0.29, 0.717) is 18.7 Å². The number of carbonyl (C=O) groups is 1. The van der Waals surface area contributed by atoms with E-state index in [9.17, 15) is 4.79 Å². The van der Waals surface area contributed by atoms with Crippen LogP contribution in [0, 0.1) is 0 Å². The summed E-state index contributed by atoms with van der Waals surface area (Å²) in [5.41, 5.74) is 1.92. The van der Waals surface area contributed by atoms with Crippen molar-refractivity contribution in [3.05, 3.63) is 70.2 Å². The van der Waals surface area contributed by atoms with Gasteiger partial charge in [-0.1, -0.05) is 52.3 Å². The monoisotopic (exact) mass is 530 g/mol. The molecule has 0 atom stereocenters. The van der Waals surface area contributed by atoms with E-state index < -0.39 is 0 Å². The van der Waals surface area contributed by atoms with E-state index in [2.05, 4.69) is 49.0 Å². The molecule has 1 amide bonds. The molecule has 0 aliphatic rings. The Labute approximate surface area is 180 Å². The highest BCUT2D eigenvalue weighted by Gasteiger charge is 2.05. The van der Waals surface area contributed by atoms with Gasteiger partial charge in [0, 0.05) is 36.7 Å². The second-order valence-electron chi connectivity index (χ2n) is 5.43. The van der Waals surface area contributed by atoms with Crippen molar-refractivity contribution < 1.29 is 4.79 Å². The lowest BCUT2D eigenvalue weighted by molar-refractivity contribution is 0.0954. The first-order valence-corrected chi connectivity index (χ1v) is 9.00. The van der Waals surface area contributed by atoms with Gasteiger partial charge in [-0.2, -0.15) is 0 Å². The fourth-order valence-electron chi connectivity index (χ4n) is 2.28. The van der Waals surface area contributed by atoms with Gasteiger partial charge in [0.15, 0.2) is 5.96 Å². The van der Waals surface area contributed by atoms with Gasteiger partial charge < -0.3 is 16.0 Å². The Balaban J connectivity index is 0.00000338. The van der Waals surface area contributed by atoms with Crippen LogP contribution in [0.15, 0.2) is 64.1 Å². The van der Waals surface area contributed by atoms with Gasteiger partial charge in [0.2, 0.25) is 0 Å². The van der Waals surface area contributed by atoms with Crippen molar-refractivity contribution in [3.63, 3.8) is 0 Å². The molecule has 0 bridgehead atoms. The van der Waals surface area contributed by atoms with Crippen LogP contribution in [-0.4, -0.2) is 38.5 Å². The summed E-state index contributed by atoms with van der Waals surface area (Å²) in [5, 5.41) is 9.34. The summed E-state index contributed by atoms with van der Waals surface area (Å²) in [7, 11) is 1.73. The predicted molar refractivity (Wildman–Crippen MR) is 121 cm³/mol. The van der Waals surface area contributed by atoms with Gasteiger partial charge in [0.05, 0.1) is 0 Å². The quantitative estimate of drug-likeness (QED) is 0.223. The lowest BCUT2D eigenvalue weighted by atomic mass is 10.1. The van der Waals surface area contributed by atoms with Crippen LogP contribution in [0.4, 0.5) is 0 Å². The number of amides is 1. The van der Waals surface area contributed by atoms with E-state index in [4.69, 9.17) is 0 Å². The molecule has 2 aromatic carbocycles. The SMILES string of the molecule is CN=C(NCCNC(=O)c1cccc(Br)c1)NCCc1ccccc1.I. The molecule has 0 aromatic heterocycles. The van der Waals surface area contributed by atoms with E-state index in [-0.39, 0.29) is 29.9 Å². The number of nitrogens with one attached hydrogen (secondary N) is 3. The largest absolute Gasteiger partial charge is 0.356 e. The molecule has 3 N–H and O–H groups in total. The van der Waals surface area contributed by atoms with Crippen molar-refractivity contribution in [1.82, 2.24) is 16.0 Å². The van der Waals surface area contributed by atoms with Crippen LogP contribution < -0.4 is 16.0 Å². The first kappa shape index (κ1) is 22.4. The predicted octanol–water partition coefficient (Wildman–Crippen LogP) is 3.20. The molecular weight excluding hydrogens is 507 g/mol. The Morgan fingerprint density at radius 3 is 2.35 bits per heavy atom. The molecule has 0 radical (unpaired) electrons. The average Bonchev–Trinajstić information content (AvgIpc) is 2.64. The lowest BCUT2D eigenvalue weighted by Crippen LogP contribution is -2.42. The highest BCUT2D eigenvalue weighted by molar-refractivity contribution is 14.0. The van der Waals surface area contributed by atoms with Crippen molar-refractivity contribution in [3.8, 4) is 0 Å². The van der Waals surface area contributed by atoms with Crippen molar-refractivity contribution in [1.29, 1.82) is 0 Å². The van der Waals surface area contributed by atoms with E-state index in [1.54, 1.807) is 19.2 Å². The minimum atomic E-state index is -0.0878. The summed E-state index contributed by atoms with van der Waals surface area (Å²) in [6, 6.07) is 17.6. The highest BCUT2D eigenvalue weighted by atomic mass is 127. The molecular formula is C19H24BrIN4O. The number of hydrogen-bond acceptors (Lipinski definition) is 2. The summed E-state index contributed by atoms with van der Waals surface area (Å²) in [6.07, 6.45) is 0.932. The Kier molecular flexibility index (Phi) is 11.0. The number of nitrogens with zero attached hydrogens (tertiary/aromatic N) is 1. The maximum absolute atomic E-state index is 12.0. The van der Waals surface area contributed by atoms with E-state index >= 15 is 0 Å². The Bertz CT molecular complexity index is 710. The maximum atomic E-state index is 12.0. The molecule has 0 saturated carbocycles. The minimum absolute atomic E-state index is 0. The smallest absolute Gasteiger partial charge is 0.251 e. The summed E-state index contributed by atoms with van der Waals surface area (Å²) in [4.78, 5) is 16.2. The number of rotatable bonds is 7. The first-order chi connectivity index (χ1) is 12.2. The van der Waals surface area contributed by atoms with Gasteiger partial charge in [-0.3, -0.25) is 9.79 Å². The van der Waals surface area contributed by atoms with Gasteiger partial charge in [-0.15, -0.1) is 24.0 Å². The second kappa shape index (κ2) is 12.7. The van der Waals surface area contributed by atoms with Crippen molar-refractivity contribution in [2.24, 2.45) is 4.99 Å². The standard InChI is InChI=1S/C19H23BrN4O.HI/c1-21-19(23-11-10-15-6-3-2-4-7-15)24-13-12-22-18(25)16-8-5-9-17(20)14-16;/h2-9,14H,10-13H2,1H3,(H,22,25)(H2,21,23,24);1H. The van der Waals surface area contributed by atoms with Gasteiger partial charge in [-0.25, -0.2) is 0 Å². The van der Waals surface area contributed by atoms with Crippen molar-refractivity contribution in [2.75, 3.05) is 26.7 Å². The minimum Gasteiger partial charge on any atom is -0.356 e. The average molecular weight is 531 g/mol. The van der Waals surface area contributed by atoms with E-state index in [0.717, 1.165) is 23.4 Å². The summed E-state index contributed by atoms with van der Waals surface area (Å²) in [6.45, 7) is 1.92. The number of benzene rings is 2. The van der Waals surface area contributed by atoms with Gasteiger partial charge in [0.1, 0.15) is 0 Å². The zero-order valence-electron chi connectivity index (χ0n) is 14.7. The third-order valence-electron chi connectivity index (χ3n) is 3.56. The molecule has 7 heteroatoms. The van der Waals surface area contributed by atoms with E-state index in [1.165, 1.54) is 5.56 Å². The van der Waals surface area contributed by atoms with E-state index in [1.807, 2.05) is 30.3 Å². The third kappa shape index (κ3) is 8.18. The van der Waals surface area contributed by atoms with Crippen LogP contribution in [-0.2, 0) is 6.42 Å².